The summed E-state index contributed by atoms with van der Waals surface area (Å²) in [5.74, 6) is 0.330. The van der Waals surface area contributed by atoms with Gasteiger partial charge in [0.1, 0.15) is 11.5 Å². The van der Waals surface area contributed by atoms with Crippen LogP contribution >= 0.6 is 0 Å². The largest absolute Gasteiger partial charge is 0.361 e. The van der Waals surface area contributed by atoms with Crippen LogP contribution in [0.5, 0.6) is 0 Å². The molecule has 0 bridgehead atoms. The van der Waals surface area contributed by atoms with Crippen LogP contribution < -0.4 is 5.32 Å². The SMILES string of the molecule is Cc1cc(CNC(=O)c2cc(S(=O)(=O)N3CCCCC3C)ccc2C)no1. The maximum Gasteiger partial charge on any atom is 0.251 e. The van der Waals surface area contributed by atoms with Gasteiger partial charge in [-0.3, -0.25) is 4.79 Å². The Morgan fingerprint density at radius 3 is 2.74 bits per heavy atom. The number of amides is 1. The second-order valence-corrected chi connectivity index (χ2v) is 8.94. The first-order valence-corrected chi connectivity index (χ1v) is 10.6. The van der Waals surface area contributed by atoms with Crippen LogP contribution in [0.2, 0.25) is 0 Å². The number of rotatable bonds is 5. The Morgan fingerprint density at radius 2 is 2.07 bits per heavy atom. The fourth-order valence-electron chi connectivity index (χ4n) is 3.34. The van der Waals surface area contributed by atoms with Gasteiger partial charge in [0.25, 0.3) is 5.91 Å². The lowest BCUT2D eigenvalue weighted by molar-refractivity contribution is 0.0949. The van der Waals surface area contributed by atoms with E-state index in [0.717, 1.165) is 24.8 Å². The lowest BCUT2D eigenvalue weighted by Crippen LogP contribution is -2.42. The zero-order chi connectivity index (χ0) is 19.6. The quantitative estimate of drug-likeness (QED) is 0.846. The van der Waals surface area contributed by atoms with Gasteiger partial charge < -0.3 is 9.84 Å². The van der Waals surface area contributed by atoms with E-state index in [-0.39, 0.29) is 23.4 Å². The molecule has 1 N–H and O–H groups in total. The molecule has 7 nitrogen and oxygen atoms in total. The van der Waals surface area contributed by atoms with Crippen molar-refractivity contribution in [3.05, 3.63) is 46.8 Å². The average Bonchev–Trinajstić information content (AvgIpc) is 3.05. The van der Waals surface area contributed by atoms with E-state index in [9.17, 15) is 13.2 Å². The number of carbonyl (C=O) groups is 1. The molecule has 2 heterocycles. The summed E-state index contributed by atoms with van der Waals surface area (Å²) in [5, 5.41) is 6.60. The minimum atomic E-state index is -3.62. The molecular formula is C19H25N3O4S. The van der Waals surface area contributed by atoms with E-state index < -0.39 is 10.0 Å². The molecule has 1 aliphatic heterocycles. The maximum atomic E-state index is 13.0. The normalized spacial score (nSPS) is 18.4. The number of piperidine rings is 1. The standard InChI is InChI=1S/C19H25N3O4S/c1-13-7-8-17(27(24,25)22-9-5-4-6-14(22)2)11-18(13)19(23)20-12-16-10-15(3)26-21-16/h7-8,10-11,14H,4-6,9,12H2,1-3H3,(H,20,23). The molecule has 3 rings (SSSR count). The van der Waals surface area contributed by atoms with Crippen molar-refractivity contribution in [2.24, 2.45) is 0 Å². The molecule has 0 saturated carbocycles. The number of aryl methyl sites for hydroxylation is 2. The van der Waals surface area contributed by atoms with Gasteiger partial charge in [-0.25, -0.2) is 8.42 Å². The fraction of sp³-hybridized carbons (Fsp3) is 0.474. The van der Waals surface area contributed by atoms with Crippen molar-refractivity contribution in [1.82, 2.24) is 14.8 Å². The third-order valence-electron chi connectivity index (χ3n) is 4.91. The van der Waals surface area contributed by atoms with Crippen LogP contribution in [-0.2, 0) is 16.6 Å². The Morgan fingerprint density at radius 1 is 1.30 bits per heavy atom. The van der Waals surface area contributed by atoms with Crippen molar-refractivity contribution in [3.63, 3.8) is 0 Å². The Hall–Kier alpha value is -2.19. The van der Waals surface area contributed by atoms with Crippen molar-refractivity contribution in [2.45, 2.75) is 57.5 Å². The van der Waals surface area contributed by atoms with Crippen molar-refractivity contribution in [2.75, 3.05) is 6.54 Å². The van der Waals surface area contributed by atoms with E-state index in [1.165, 1.54) is 6.07 Å². The fourth-order valence-corrected chi connectivity index (χ4v) is 5.06. The molecule has 1 fully saturated rings. The summed E-state index contributed by atoms with van der Waals surface area (Å²) < 4.78 is 32.6. The summed E-state index contributed by atoms with van der Waals surface area (Å²) in [4.78, 5) is 12.7. The number of sulfonamides is 1. The van der Waals surface area contributed by atoms with Crippen molar-refractivity contribution >= 4 is 15.9 Å². The summed E-state index contributed by atoms with van der Waals surface area (Å²) in [6.07, 6.45) is 2.76. The number of nitrogens with one attached hydrogen (secondary N) is 1. The van der Waals surface area contributed by atoms with Gasteiger partial charge >= 0.3 is 0 Å². The number of benzene rings is 1. The molecule has 146 valence electrons. The smallest absolute Gasteiger partial charge is 0.251 e. The van der Waals surface area contributed by atoms with Crippen LogP contribution in [0.25, 0.3) is 0 Å². The van der Waals surface area contributed by atoms with Crippen LogP contribution in [0.1, 0.15) is 53.6 Å². The summed E-state index contributed by atoms with van der Waals surface area (Å²) in [6.45, 7) is 6.23. The van der Waals surface area contributed by atoms with Crippen molar-refractivity contribution in [3.8, 4) is 0 Å². The molecule has 8 heteroatoms. The van der Waals surface area contributed by atoms with Crippen LogP contribution in [0.15, 0.2) is 33.7 Å². The first-order chi connectivity index (χ1) is 12.8. The molecule has 1 amide bonds. The highest BCUT2D eigenvalue weighted by Crippen LogP contribution is 2.26. The highest BCUT2D eigenvalue weighted by Gasteiger charge is 2.31. The van der Waals surface area contributed by atoms with Gasteiger partial charge in [0.15, 0.2) is 0 Å². The van der Waals surface area contributed by atoms with E-state index >= 15 is 0 Å². The number of nitrogens with zero attached hydrogens (tertiary/aromatic N) is 2. The molecule has 1 saturated heterocycles. The average molecular weight is 391 g/mol. The molecule has 1 aromatic carbocycles. The Balaban J connectivity index is 1.81. The van der Waals surface area contributed by atoms with Gasteiger partial charge in [-0.1, -0.05) is 17.6 Å². The molecule has 0 radical (unpaired) electrons. The molecule has 0 aliphatic carbocycles. The molecular weight excluding hydrogens is 366 g/mol. The van der Waals surface area contributed by atoms with E-state index in [4.69, 9.17) is 4.52 Å². The van der Waals surface area contributed by atoms with Gasteiger partial charge in [-0.15, -0.1) is 0 Å². The van der Waals surface area contributed by atoms with E-state index in [1.807, 2.05) is 6.92 Å². The predicted octanol–water partition coefficient (Wildman–Crippen LogP) is 2.78. The molecule has 1 atom stereocenters. The zero-order valence-electron chi connectivity index (χ0n) is 15.9. The van der Waals surface area contributed by atoms with E-state index in [2.05, 4.69) is 10.5 Å². The molecule has 1 aliphatic rings. The molecule has 1 aromatic heterocycles. The monoisotopic (exact) mass is 391 g/mol. The predicted molar refractivity (Wildman–Crippen MR) is 101 cm³/mol. The Kier molecular flexibility index (Phi) is 5.67. The first kappa shape index (κ1) is 19.6. The Labute approximate surface area is 159 Å². The second-order valence-electron chi connectivity index (χ2n) is 7.05. The third-order valence-corrected chi connectivity index (χ3v) is 6.92. The molecule has 1 unspecified atom stereocenters. The van der Waals surface area contributed by atoms with Gasteiger partial charge in [-0.2, -0.15) is 4.31 Å². The third kappa shape index (κ3) is 4.22. The van der Waals surface area contributed by atoms with Gasteiger partial charge in [-0.05, 0) is 51.3 Å². The lowest BCUT2D eigenvalue weighted by Gasteiger charge is -2.32. The molecule has 0 spiro atoms. The minimum Gasteiger partial charge on any atom is -0.361 e. The summed E-state index contributed by atoms with van der Waals surface area (Å²) >= 11 is 0. The minimum absolute atomic E-state index is 0.0299. The highest BCUT2D eigenvalue weighted by atomic mass is 32.2. The first-order valence-electron chi connectivity index (χ1n) is 9.12. The number of hydrogen-bond acceptors (Lipinski definition) is 5. The van der Waals surface area contributed by atoms with Gasteiger partial charge in [0.05, 0.1) is 11.4 Å². The molecule has 27 heavy (non-hydrogen) atoms. The van der Waals surface area contributed by atoms with Crippen LogP contribution in [0.3, 0.4) is 0 Å². The number of aromatic nitrogens is 1. The summed E-state index contributed by atoms with van der Waals surface area (Å²) in [6, 6.07) is 6.43. The number of hydrogen-bond donors (Lipinski definition) is 1. The van der Waals surface area contributed by atoms with Gasteiger partial charge in [0, 0.05) is 24.2 Å². The number of carbonyl (C=O) groups excluding carboxylic acids is 1. The van der Waals surface area contributed by atoms with Crippen LogP contribution in [-0.4, -0.2) is 36.4 Å². The van der Waals surface area contributed by atoms with Crippen molar-refractivity contribution < 1.29 is 17.7 Å². The van der Waals surface area contributed by atoms with Crippen LogP contribution in [0, 0.1) is 13.8 Å². The maximum absolute atomic E-state index is 13.0. The second kappa shape index (κ2) is 7.82. The van der Waals surface area contributed by atoms with E-state index in [0.29, 0.717) is 23.6 Å². The van der Waals surface area contributed by atoms with E-state index in [1.54, 1.807) is 36.4 Å². The summed E-state index contributed by atoms with van der Waals surface area (Å²) in [7, 11) is -3.62. The lowest BCUT2D eigenvalue weighted by atomic mass is 10.1. The van der Waals surface area contributed by atoms with Crippen LogP contribution in [0.4, 0.5) is 0 Å². The van der Waals surface area contributed by atoms with Crippen molar-refractivity contribution in [1.29, 1.82) is 0 Å². The topological polar surface area (TPSA) is 92.5 Å². The summed E-state index contributed by atoms with van der Waals surface area (Å²) in [5.41, 5.74) is 1.68. The Bertz CT molecular complexity index is 936. The van der Waals surface area contributed by atoms with Gasteiger partial charge in [0.2, 0.25) is 10.0 Å². The highest BCUT2D eigenvalue weighted by molar-refractivity contribution is 7.89. The molecule has 2 aromatic rings. The zero-order valence-corrected chi connectivity index (χ0v) is 16.7.